The molecule has 0 aliphatic heterocycles. The number of thiophene rings is 1. The van der Waals surface area contributed by atoms with E-state index in [0.717, 1.165) is 14.9 Å². The highest BCUT2D eigenvalue weighted by atomic mass is 79.9. The summed E-state index contributed by atoms with van der Waals surface area (Å²) in [5, 5.41) is 0.849. The fourth-order valence-electron chi connectivity index (χ4n) is 1.35. The van der Waals surface area contributed by atoms with Crippen molar-refractivity contribution in [2.75, 3.05) is 0 Å². The largest absolute Gasteiger partial charge is 0.125 e. The Morgan fingerprint density at radius 2 is 1.82 bits per heavy atom. The lowest BCUT2D eigenvalue weighted by Gasteiger charge is -2.10. The summed E-state index contributed by atoms with van der Waals surface area (Å²) in [6.07, 6.45) is 0. The third-order valence-corrected chi connectivity index (χ3v) is 5.86. The molecule has 1 atom stereocenters. The van der Waals surface area contributed by atoms with Crippen molar-refractivity contribution in [3.05, 3.63) is 53.6 Å². The zero-order chi connectivity index (χ0) is 12.6. The minimum Gasteiger partial charge on any atom is -0.125 e. The lowest BCUT2D eigenvalue weighted by atomic mass is 10.1. The molecule has 1 unspecified atom stereocenters. The van der Waals surface area contributed by atoms with Gasteiger partial charge in [-0.05, 0) is 45.8 Å². The van der Waals surface area contributed by atoms with Crippen molar-refractivity contribution in [3.63, 3.8) is 0 Å². The van der Waals surface area contributed by atoms with Crippen LogP contribution in [0, 0.1) is 0 Å². The molecular formula is C11H5BrCl4S. The molecule has 6 heteroatoms. The third-order valence-electron chi connectivity index (χ3n) is 2.15. The van der Waals surface area contributed by atoms with Crippen LogP contribution in [0.15, 0.2) is 28.7 Å². The van der Waals surface area contributed by atoms with Crippen molar-refractivity contribution in [1.29, 1.82) is 0 Å². The Morgan fingerprint density at radius 3 is 2.41 bits per heavy atom. The van der Waals surface area contributed by atoms with E-state index < -0.39 is 0 Å². The van der Waals surface area contributed by atoms with Gasteiger partial charge in [0, 0.05) is 19.4 Å². The highest BCUT2D eigenvalue weighted by Crippen LogP contribution is 2.42. The van der Waals surface area contributed by atoms with E-state index in [2.05, 4.69) is 15.9 Å². The molecule has 0 radical (unpaired) electrons. The number of rotatable bonds is 2. The number of hydrogen-bond acceptors (Lipinski definition) is 1. The van der Waals surface area contributed by atoms with Gasteiger partial charge in [-0.1, -0.05) is 34.8 Å². The normalized spacial score (nSPS) is 12.8. The minimum absolute atomic E-state index is 0.352. The van der Waals surface area contributed by atoms with Crippen molar-refractivity contribution in [2.45, 2.75) is 5.38 Å². The van der Waals surface area contributed by atoms with E-state index in [1.165, 1.54) is 11.3 Å². The van der Waals surface area contributed by atoms with Crippen LogP contribution >= 0.6 is 73.7 Å². The van der Waals surface area contributed by atoms with E-state index in [4.69, 9.17) is 46.4 Å². The van der Waals surface area contributed by atoms with E-state index in [9.17, 15) is 0 Å². The van der Waals surface area contributed by atoms with Gasteiger partial charge in [-0.3, -0.25) is 0 Å². The molecule has 2 aromatic rings. The Bertz CT molecular complexity index is 533. The first-order valence-corrected chi connectivity index (χ1v) is 7.70. The molecule has 90 valence electrons. The second kappa shape index (κ2) is 5.68. The van der Waals surface area contributed by atoms with Gasteiger partial charge in [0.05, 0.1) is 5.38 Å². The van der Waals surface area contributed by atoms with Crippen LogP contribution in [0.3, 0.4) is 0 Å². The van der Waals surface area contributed by atoms with Crippen LogP contribution in [0.4, 0.5) is 0 Å². The first-order chi connectivity index (χ1) is 7.99. The molecule has 0 spiro atoms. The minimum atomic E-state index is -0.352. The quantitative estimate of drug-likeness (QED) is 0.494. The third kappa shape index (κ3) is 3.12. The van der Waals surface area contributed by atoms with Gasteiger partial charge in [-0.25, -0.2) is 0 Å². The summed E-state index contributed by atoms with van der Waals surface area (Å²) in [5.74, 6) is 0. The standard InChI is InChI=1S/C11H5BrCl4S/c12-7-4-9(17-11(7)16)10(15)6-3-5(13)1-2-8(6)14/h1-4,10H. The first kappa shape index (κ1) is 14.0. The van der Waals surface area contributed by atoms with E-state index in [-0.39, 0.29) is 5.38 Å². The average Bonchev–Trinajstić information content (AvgIpc) is 2.62. The van der Waals surface area contributed by atoms with Gasteiger partial charge in [0.1, 0.15) is 4.34 Å². The molecule has 1 aromatic carbocycles. The Kier molecular flexibility index (Phi) is 4.67. The predicted octanol–water partition coefficient (Wildman–Crippen LogP) is 6.80. The fourth-order valence-corrected chi connectivity index (χ4v) is 3.92. The second-order valence-electron chi connectivity index (χ2n) is 3.30. The highest BCUT2D eigenvalue weighted by molar-refractivity contribution is 9.10. The van der Waals surface area contributed by atoms with Crippen molar-refractivity contribution >= 4 is 73.7 Å². The van der Waals surface area contributed by atoms with Crippen molar-refractivity contribution in [2.24, 2.45) is 0 Å². The number of alkyl halides is 1. The van der Waals surface area contributed by atoms with E-state index in [1.54, 1.807) is 18.2 Å². The molecule has 0 nitrogen and oxygen atoms in total. The number of benzene rings is 1. The first-order valence-electron chi connectivity index (χ1n) is 4.53. The molecule has 1 heterocycles. The van der Waals surface area contributed by atoms with Gasteiger partial charge in [-0.15, -0.1) is 22.9 Å². The van der Waals surface area contributed by atoms with Gasteiger partial charge >= 0.3 is 0 Å². The Labute approximate surface area is 132 Å². The van der Waals surface area contributed by atoms with Crippen molar-refractivity contribution < 1.29 is 0 Å². The molecule has 17 heavy (non-hydrogen) atoms. The van der Waals surface area contributed by atoms with Gasteiger partial charge in [-0.2, -0.15) is 0 Å². The van der Waals surface area contributed by atoms with E-state index in [0.29, 0.717) is 14.4 Å². The summed E-state index contributed by atoms with van der Waals surface area (Å²) in [4.78, 5) is 0.924. The van der Waals surface area contributed by atoms with Crippen LogP contribution in [0.1, 0.15) is 15.8 Å². The smallest absolute Gasteiger partial charge is 0.107 e. The summed E-state index contributed by atoms with van der Waals surface area (Å²) in [7, 11) is 0. The summed E-state index contributed by atoms with van der Waals surface area (Å²) in [5.41, 5.74) is 0.784. The van der Waals surface area contributed by atoms with E-state index >= 15 is 0 Å². The van der Waals surface area contributed by atoms with Gasteiger partial charge in [0.15, 0.2) is 0 Å². The molecule has 0 amide bonds. The molecule has 0 fully saturated rings. The maximum atomic E-state index is 6.38. The average molecular weight is 391 g/mol. The van der Waals surface area contributed by atoms with Crippen LogP contribution in [-0.4, -0.2) is 0 Å². The van der Waals surface area contributed by atoms with Gasteiger partial charge < -0.3 is 0 Å². The van der Waals surface area contributed by atoms with Crippen LogP contribution in [0.5, 0.6) is 0 Å². The summed E-state index contributed by atoms with van der Waals surface area (Å²) < 4.78 is 1.51. The van der Waals surface area contributed by atoms with E-state index in [1.807, 2.05) is 6.07 Å². The Balaban J connectivity index is 2.42. The summed E-state index contributed by atoms with van der Waals surface area (Å²) >= 11 is 29.2. The Morgan fingerprint density at radius 1 is 1.12 bits per heavy atom. The summed E-state index contributed by atoms with van der Waals surface area (Å²) in [6, 6.07) is 7.12. The van der Waals surface area contributed by atoms with Crippen LogP contribution in [-0.2, 0) is 0 Å². The van der Waals surface area contributed by atoms with Crippen molar-refractivity contribution in [3.8, 4) is 0 Å². The molecule has 0 saturated carbocycles. The highest BCUT2D eigenvalue weighted by Gasteiger charge is 2.18. The molecule has 0 saturated heterocycles. The molecule has 0 aliphatic rings. The number of hydrogen-bond donors (Lipinski definition) is 0. The Hall–Kier alpha value is 0.560. The molecular weight excluding hydrogens is 386 g/mol. The monoisotopic (exact) mass is 388 g/mol. The molecule has 2 rings (SSSR count). The van der Waals surface area contributed by atoms with Gasteiger partial charge in [0.2, 0.25) is 0 Å². The predicted molar refractivity (Wildman–Crippen MR) is 81.2 cm³/mol. The SMILES string of the molecule is Clc1ccc(Cl)c(C(Cl)c2cc(Br)c(Cl)s2)c1. The maximum absolute atomic E-state index is 6.38. The molecule has 0 bridgehead atoms. The lowest BCUT2D eigenvalue weighted by molar-refractivity contribution is 1.18. The van der Waals surface area contributed by atoms with Crippen LogP contribution in [0.25, 0.3) is 0 Å². The lowest BCUT2D eigenvalue weighted by Crippen LogP contribution is -1.91. The zero-order valence-corrected chi connectivity index (χ0v) is 13.6. The molecule has 0 N–H and O–H groups in total. The number of halogens is 5. The maximum Gasteiger partial charge on any atom is 0.107 e. The molecule has 0 aliphatic carbocycles. The second-order valence-corrected chi connectivity index (χ2v) is 7.12. The molecule has 1 aromatic heterocycles. The van der Waals surface area contributed by atoms with Gasteiger partial charge in [0.25, 0.3) is 0 Å². The topological polar surface area (TPSA) is 0 Å². The fraction of sp³-hybridized carbons (Fsp3) is 0.0909. The van der Waals surface area contributed by atoms with Crippen molar-refractivity contribution in [1.82, 2.24) is 0 Å². The summed E-state index contributed by atoms with van der Waals surface area (Å²) in [6.45, 7) is 0. The van der Waals surface area contributed by atoms with Crippen LogP contribution in [0.2, 0.25) is 14.4 Å². The zero-order valence-electron chi connectivity index (χ0n) is 8.18. The van der Waals surface area contributed by atoms with Crippen LogP contribution < -0.4 is 0 Å².